The molecule has 0 spiro atoms. The molecule has 2 aliphatic heterocycles. The van der Waals surface area contributed by atoms with Crippen LogP contribution in [0.1, 0.15) is 98.6 Å². The number of nitrogens with one attached hydrogen (secondary N) is 4. The predicted molar refractivity (Wildman–Crippen MR) is 387 cm³/mol. The van der Waals surface area contributed by atoms with Gasteiger partial charge in [-0.05, 0) is 142 Å². The molecule has 26 nitrogen and oxygen atoms in total. The summed E-state index contributed by atoms with van der Waals surface area (Å²) in [5.41, 5.74) is 10.6. The molecular weight excluding hydrogens is 1320 g/mol. The third kappa shape index (κ3) is 16.8. The van der Waals surface area contributed by atoms with Gasteiger partial charge in [0, 0.05) is 52.1 Å². The SMILES string of the molecule is C[C@@H](OCC#CC#CCO[C@H](C)C(NC(=O)[C@H](C)N(C)C(=O)OCC1c2ccccc2-c2ccccc21)C(=O)N1CCC[C@H]1Cn1nnnc1NCc1ccccc1)C(NC(=O)[C@H](C)N(C)C(=O)OCC1c2ccccc2-c2ccccc21)C(=O)N1CCC[C@H]1Cn1nnnc1NCc1ccccc1. The van der Waals surface area contributed by atoms with E-state index in [-0.39, 0.29) is 63.4 Å². The van der Waals surface area contributed by atoms with Crippen molar-refractivity contribution in [2.75, 3.05) is 64.2 Å². The number of benzene rings is 6. The molecule has 538 valence electrons. The van der Waals surface area contributed by atoms with Crippen LogP contribution in [0.2, 0.25) is 0 Å². The van der Waals surface area contributed by atoms with E-state index in [9.17, 15) is 28.8 Å². The monoisotopic (exact) mass is 1410 g/mol. The highest BCUT2D eigenvalue weighted by molar-refractivity contribution is 5.93. The minimum Gasteiger partial charge on any atom is -0.448 e. The number of carbonyl (C=O) groups is 6. The van der Waals surface area contributed by atoms with Gasteiger partial charge in [0.2, 0.25) is 35.5 Å². The molecule has 12 rings (SSSR count). The molecule has 2 saturated heterocycles. The molecule has 2 unspecified atom stereocenters. The molecule has 8 atom stereocenters. The topological polar surface area (TPSA) is 288 Å². The molecule has 2 aliphatic carbocycles. The number of ether oxygens (including phenoxy) is 4. The van der Waals surface area contributed by atoms with Gasteiger partial charge in [-0.15, -0.1) is 0 Å². The van der Waals surface area contributed by atoms with Gasteiger partial charge in [-0.1, -0.05) is 180 Å². The van der Waals surface area contributed by atoms with Gasteiger partial charge >= 0.3 is 12.2 Å². The van der Waals surface area contributed by atoms with Gasteiger partial charge in [-0.25, -0.2) is 19.0 Å². The Bertz CT molecular complexity index is 4100. The van der Waals surface area contributed by atoms with Crippen molar-refractivity contribution in [3.63, 3.8) is 0 Å². The fourth-order valence-electron chi connectivity index (χ4n) is 13.9. The predicted octanol–water partition coefficient (Wildman–Crippen LogP) is 7.89. The van der Waals surface area contributed by atoms with E-state index < -0.39 is 72.2 Å². The number of rotatable bonds is 28. The Morgan fingerprint density at radius 1 is 0.490 bits per heavy atom. The van der Waals surface area contributed by atoms with Gasteiger partial charge < -0.3 is 50.0 Å². The first kappa shape index (κ1) is 72.3. The Hall–Kier alpha value is -11.5. The molecule has 2 aromatic heterocycles. The Balaban J connectivity index is 0.697. The van der Waals surface area contributed by atoms with Crippen molar-refractivity contribution in [3.8, 4) is 45.9 Å². The lowest BCUT2D eigenvalue weighted by molar-refractivity contribution is -0.142. The van der Waals surface area contributed by atoms with E-state index in [0.29, 0.717) is 63.8 Å². The number of likely N-dealkylation sites (N-methyl/N-ethyl adjacent to an activating group) is 2. The minimum atomic E-state index is -1.24. The summed E-state index contributed by atoms with van der Waals surface area (Å²) in [4.78, 5) is 92.2. The van der Waals surface area contributed by atoms with Crippen LogP contribution in [-0.2, 0) is 64.3 Å². The summed E-state index contributed by atoms with van der Waals surface area (Å²) in [6, 6.07) is 46.4. The van der Waals surface area contributed by atoms with Gasteiger partial charge in [0.15, 0.2) is 0 Å². The van der Waals surface area contributed by atoms with Crippen molar-refractivity contribution in [1.29, 1.82) is 0 Å². The van der Waals surface area contributed by atoms with E-state index in [4.69, 9.17) is 18.9 Å². The van der Waals surface area contributed by atoms with Crippen LogP contribution in [0.15, 0.2) is 158 Å². The number of aromatic nitrogens is 8. The maximum Gasteiger partial charge on any atom is 0.410 e. The normalized spacial score (nSPS) is 16.6. The van der Waals surface area contributed by atoms with Crippen molar-refractivity contribution in [2.24, 2.45) is 0 Å². The summed E-state index contributed by atoms with van der Waals surface area (Å²) in [6.45, 7) is 8.41. The molecular formula is C78H86N16O10. The molecule has 4 N–H and O–H groups in total. The van der Waals surface area contributed by atoms with Gasteiger partial charge in [0.1, 0.15) is 50.6 Å². The highest BCUT2D eigenvalue weighted by atomic mass is 16.6. The Morgan fingerprint density at radius 3 is 1.20 bits per heavy atom. The van der Waals surface area contributed by atoms with Gasteiger partial charge in [-0.2, -0.15) is 0 Å². The molecule has 2 fully saturated rings. The number of carbonyl (C=O) groups excluding carboxylic acids is 6. The van der Waals surface area contributed by atoms with Crippen molar-refractivity contribution in [3.05, 3.63) is 191 Å². The third-order valence-electron chi connectivity index (χ3n) is 20.0. The summed E-state index contributed by atoms with van der Waals surface area (Å²) in [5.74, 6) is 9.74. The number of amides is 6. The number of nitrogens with zero attached hydrogens (tertiary/aromatic N) is 12. The van der Waals surface area contributed by atoms with E-state index in [0.717, 1.165) is 55.6 Å². The molecule has 0 radical (unpaired) electrons. The van der Waals surface area contributed by atoms with Crippen LogP contribution in [0.5, 0.6) is 0 Å². The van der Waals surface area contributed by atoms with Crippen LogP contribution in [0, 0.1) is 23.7 Å². The maximum absolute atomic E-state index is 15.0. The van der Waals surface area contributed by atoms with Crippen molar-refractivity contribution in [1.82, 2.24) is 70.6 Å². The number of anilines is 2. The molecule has 4 heterocycles. The Kier molecular flexibility index (Phi) is 23.6. The average molecular weight is 1410 g/mol. The lowest BCUT2D eigenvalue weighted by Gasteiger charge is -2.33. The molecule has 26 heteroatoms. The zero-order valence-electron chi connectivity index (χ0n) is 59.1. The molecule has 4 aliphatic rings. The Morgan fingerprint density at radius 2 is 0.837 bits per heavy atom. The second-order valence-electron chi connectivity index (χ2n) is 26.5. The molecule has 0 bridgehead atoms. The highest BCUT2D eigenvalue weighted by Crippen LogP contribution is 2.46. The van der Waals surface area contributed by atoms with Crippen LogP contribution < -0.4 is 21.3 Å². The zero-order valence-corrected chi connectivity index (χ0v) is 59.1. The second-order valence-corrected chi connectivity index (χ2v) is 26.5. The fraction of sp³-hybridized carbons (Fsp3) is 0.385. The number of tetrazole rings is 2. The summed E-state index contributed by atoms with van der Waals surface area (Å²) in [6.07, 6.45) is -0.690. The summed E-state index contributed by atoms with van der Waals surface area (Å²) in [7, 11) is 2.96. The smallest absolute Gasteiger partial charge is 0.410 e. The summed E-state index contributed by atoms with van der Waals surface area (Å²) in [5, 5.41) is 37.2. The van der Waals surface area contributed by atoms with Gasteiger partial charge in [0.05, 0.1) is 37.4 Å². The quantitative estimate of drug-likeness (QED) is 0.0339. The van der Waals surface area contributed by atoms with Crippen molar-refractivity contribution >= 4 is 47.7 Å². The van der Waals surface area contributed by atoms with E-state index in [1.807, 2.05) is 133 Å². The third-order valence-corrected chi connectivity index (χ3v) is 20.0. The summed E-state index contributed by atoms with van der Waals surface area (Å²) >= 11 is 0. The first-order valence-electron chi connectivity index (χ1n) is 35.3. The Labute approximate surface area is 604 Å². The fourth-order valence-corrected chi connectivity index (χ4v) is 13.9. The molecule has 6 aromatic carbocycles. The van der Waals surface area contributed by atoms with Gasteiger partial charge in [-0.3, -0.25) is 29.0 Å². The molecule has 8 aromatic rings. The van der Waals surface area contributed by atoms with Crippen LogP contribution in [0.25, 0.3) is 22.3 Å². The number of fused-ring (bicyclic) bond motifs is 6. The van der Waals surface area contributed by atoms with Crippen LogP contribution in [-0.4, -0.2) is 198 Å². The highest BCUT2D eigenvalue weighted by Gasteiger charge is 2.42. The number of likely N-dealkylation sites (tertiary alicyclic amines) is 2. The first-order valence-corrected chi connectivity index (χ1v) is 35.3. The lowest BCUT2D eigenvalue weighted by Crippen LogP contribution is -2.58. The van der Waals surface area contributed by atoms with Crippen LogP contribution in [0.4, 0.5) is 21.5 Å². The van der Waals surface area contributed by atoms with E-state index in [1.165, 1.54) is 23.9 Å². The summed E-state index contributed by atoms with van der Waals surface area (Å²) < 4.78 is 27.5. The zero-order chi connectivity index (χ0) is 72.6. The van der Waals surface area contributed by atoms with Crippen LogP contribution >= 0.6 is 0 Å². The average Bonchev–Trinajstić information content (AvgIpc) is 1.62. The van der Waals surface area contributed by atoms with E-state index in [2.05, 4.69) is 100 Å². The van der Waals surface area contributed by atoms with Gasteiger partial charge in [0.25, 0.3) is 0 Å². The number of hydrogen-bond donors (Lipinski definition) is 4. The maximum atomic E-state index is 15.0. The van der Waals surface area contributed by atoms with Crippen LogP contribution in [0.3, 0.4) is 0 Å². The largest absolute Gasteiger partial charge is 0.448 e. The van der Waals surface area contributed by atoms with E-state index in [1.54, 1.807) is 46.9 Å². The number of hydrogen-bond acceptors (Lipinski definition) is 18. The van der Waals surface area contributed by atoms with Crippen molar-refractivity contribution < 1.29 is 47.7 Å². The second kappa shape index (κ2) is 34.0. The minimum absolute atomic E-state index is 0.0477. The van der Waals surface area contributed by atoms with E-state index >= 15 is 0 Å². The molecule has 0 saturated carbocycles. The molecule has 104 heavy (non-hydrogen) atoms. The molecule has 6 amide bonds. The van der Waals surface area contributed by atoms with Crippen molar-refractivity contribution in [2.45, 2.75) is 140 Å². The standard InChI is InChI=1S/C78H86N16O10/c1-51(89(5)77(99)103-49-67-63-37-19-15-33-59(63)60-34-16-20-38-64(60)67)71(95)81-69(73(97)91-41-25-31-57(91)47-93-75(83-85-87-93)79-45-55-27-11-9-12-28-55)53(3)101-43-23-7-8-24-44-102-54(4)70(74(98)92-42-26-32-58(92)48-94-76(84-86-88-94)80-46-56-29-13-10-14-30-56)82-72(96)52(2)90(6)78(100)104-50-68-65-39-21-17-35-61(65)62-36-18-22-40-66(62)68/h9-22,27-30,33-40,51-54,57-58,67-70H,25-26,31-32,41-50H2,1-6H3,(H,81,95)(H,82,96)(H,79,83,87)(H,80,84,88)/t51-,52-,53+,54+,57-,58-,69?,70?/m0/s1. The lowest BCUT2D eigenvalue weighted by atomic mass is 9.98. The first-order chi connectivity index (χ1) is 50.6.